The van der Waals surface area contributed by atoms with Crippen LogP contribution in [0.15, 0.2) is 34.8 Å². The predicted molar refractivity (Wildman–Crippen MR) is 85.3 cm³/mol. The number of nitrogens with zero attached hydrogens (tertiary/aromatic N) is 1. The number of nitrogens with one attached hydrogen (secondary N) is 1. The molecule has 0 saturated heterocycles. The van der Waals surface area contributed by atoms with Crippen molar-refractivity contribution in [2.24, 2.45) is 0 Å². The summed E-state index contributed by atoms with van der Waals surface area (Å²) < 4.78 is 6.95. The molecule has 20 heavy (non-hydrogen) atoms. The largest absolute Gasteiger partial charge is 0.439 e. The maximum absolute atomic E-state index is 5.91. The Balaban J connectivity index is 2.21. The third-order valence-electron chi connectivity index (χ3n) is 2.92. The molecule has 4 heteroatoms. The fourth-order valence-corrected chi connectivity index (χ4v) is 2.45. The maximum atomic E-state index is 5.91. The molecule has 0 atom stereocenters. The van der Waals surface area contributed by atoms with Crippen LogP contribution in [-0.2, 0) is 6.54 Å². The molecule has 0 spiro atoms. The fraction of sp³-hybridized carbons (Fsp3) is 0.312. The topological polar surface area (TPSA) is 34.2 Å². The number of aryl methyl sites for hydroxylation is 2. The van der Waals surface area contributed by atoms with Crippen molar-refractivity contribution < 1.29 is 4.74 Å². The Kier molecular flexibility index (Phi) is 5.15. The van der Waals surface area contributed by atoms with Crippen LogP contribution in [-0.4, -0.2) is 11.5 Å². The SMILES string of the molecule is CCNCc1cc(C)nc(Oc2ccc(Br)cc2C)c1. The van der Waals surface area contributed by atoms with Crippen molar-refractivity contribution in [1.29, 1.82) is 0 Å². The minimum absolute atomic E-state index is 0.642. The zero-order chi connectivity index (χ0) is 14.5. The highest BCUT2D eigenvalue weighted by atomic mass is 79.9. The number of benzene rings is 1. The molecule has 2 aromatic rings. The number of ether oxygens (including phenoxy) is 1. The molecular weight excluding hydrogens is 316 g/mol. The van der Waals surface area contributed by atoms with E-state index in [0.717, 1.165) is 34.6 Å². The lowest BCUT2D eigenvalue weighted by Crippen LogP contribution is -2.12. The first-order chi connectivity index (χ1) is 9.58. The number of halogens is 1. The van der Waals surface area contributed by atoms with Crippen molar-refractivity contribution in [2.45, 2.75) is 27.3 Å². The molecule has 106 valence electrons. The third kappa shape index (κ3) is 4.05. The van der Waals surface area contributed by atoms with Crippen LogP contribution in [0.5, 0.6) is 11.6 Å². The molecule has 1 heterocycles. The zero-order valence-corrected chi connectivity index (χ0v) is 13.6. The minimum atomic E-state index is 0.642. The number of rotatable bonds is 5. The van der Waals surface area contributed by atoms with Gasteiger partial charge in [-0.15, -0.1) is 0 Å². The van der Waals surface area contributed by atoms with E-state index < -0.39 is 0 Å². The quantitative estimate of drug-likeness (QED) is 0.881. The summed E-state index contributed by atoms with van der Waals surface area (Å²) in [7, 11) is 0. The van der Waals surface area contributed by atoms with Crippen LogP contribution in [0.3, 0.4) is 0 Å². The standard InChI is InChI=1S/C16H19BrN2O/c1-4-18-10-13-8-12(3)19-16(9-13)20-15-6-5-14(17)7-11(15)2/h5-9,18H,4,10H2,1-3H3. The monoisotopic (exact) mass is 334 g/mol. The Bertz CT molecular complexity index is 599. The van der Waals surface area contributed by atoms with Gasteiger partial charge in [0.05, 0.1) is 0 Å². The second-order valence-corrected chi connectivity index (χ2v) is 5.66. The van der Waals surface area contributed by atoms with Crippen LogP contribution in [0.25, 0.3) is 0 Å². The van der Waals surface area contributed by atoms with Gasteiger partial charge in [0.1, 0.15) is 5.75 Å². The van der Waals surface area contributed by atoms with Crippen molar-refractivity contribution in [3.8, 4) is 11.6 Å². The molecule has 3 nitrogen and oxygen atoms in total. The molecule has 2 rings (SSSR count). The van der Waals surface area contributed by atoms with Crippen molar-refractivity contribution in [3.63, 3.8) is 0 Å². The Hall–Kier alpha value is -1.39. The maximum Gasteiger partial charge on any atom is 0.219 e. The van der Waals surface area contributed by atoms with Gasteiger partial charge in [-0.3, -0.25) is 0 Å². The molecule has 1 aromatic carbocycles. The van der Waals surface area contributed by atoms with Gasteiger partial charge in [0, 0.05) is 22.8 Å². The number of hydrogen-bond donors (Lipinski definition) is 1. The second kappa shape index (κ2) is 6.86. The fourth-order valence-electron chi connectivity index (χ4n) is 1.97. The molecule has 0 amide bonds. The lowest BCUT2D eigenvalue weighted by atomic mass is 10.2. The normalized spacial score (nSPS) is 10.6. The van der Waals surface area contributed by atoms with Crippen LogP contribution in [0.4, 0.5) is 0 Å². The Labute approximate surface area is 128 Å². The summed E-state index contributed by atoms with van der Waals surface area (Å²) in [6.45, 7) is 7.88. The highest BCUT2D eigenvalue weighted by Crippen LogP contribution is 2.27. The lowest BCUT2D eigenvalue weighted by molar-refractivity contribution is 0.457. The summed E-state index contributed by atoms with van der Waals surface area (Å²) in [6, 6.07) is 10.0. The van der Waals surface area contributed by atoms with E-state index in [-0.39, 0.29) is 0 Å². The summed E-state index contributed by atoms with van der Waals surface area (Å²) in [5.74, 6) is 1.48. The first-order valence-electron chi connectivity index (χ1n) is 6.70. The molecule has 0 bridgehead atoms. The highest BCUT2D eigenvalue weighted by Gasteiger charge is 2.05. The Morgan fingerprint density at radius 1 is 1.20 bits per heavy atom. The van der Waals surface area contributed by atoms with Gasteiger partial charge < -0.3 is 10.1 Å². The van der Waals surface area contributed by atoms with Gasteiger partial charge >= 0.3 is 0 Å². The average molecular weight is 335 g/mol. The van der Waals surface area contributed by atoms with Gasteiger partial charge in [-0.05, 0) is 55.8 Å². The van der Waals surface area contributed by atoms with Gasteiger partial charge in [-0.1, -0.05) is 22.9 Å². The predicted octanol–water partition coefficient (Wildman–Crippen LogP) is 4.36. The van der Waals surface area contributed by atoms with Gasteiger partial charge in [0.25, 0.3) is 0 Å². The molecule has 0 aliphatic rings. The molecule has 0 aliphatic carbocycles. The lowest BCUT2D eigenvalue weighted by Gasteiger charge is -2.11. The summed E-state index contributed by atoms with van der Waals surface area (Å²) >= 11 is 3.45. The summed E-state index contributed by atoms with van der Waals surface area (Å²) in [6.07, 6.45) is 0. The highest BCUT2D eigenvalue weighted by molar-refractivity contribution is 9.10. The zero-order valence-electron chi connectivity index (χ0n) is 12.0. The number of aromatic nitrogens is 1. The van der Waals surface area contributed by atoms with Gasteiger partial charge in [-0.25, -0.2) is 4.98 Å². The summed E-state index contributed by atoms with van der Waals surface area (Å²) in [5, 5.41) is 3.31. The van der Waals surface area contributed by atoms with Crippen LogP contribution in [0, 0.1) is 13.8 Å². The van der Waals surface area contributed by atoms with Crippen molar-refractivity contribution in [1.82, 2.24) is 10.3 Å². The van der Waals surface area contributed by atoms with E-state index in [0.29, 0.717) is 5.88 Å². The Morgan fingerprint density at radius 3 is 2.70 bits per heavy atom. The van der Waals surface area contributed by atoms with E-state index in [1.807, 2.05) is 38.1 Å². The van der Waals surface area contributed by atoms with Crippen molar-refractivity contribution in [2.75, 3.05) is 6.54 Å². The molecule has 0 saturated carbocycles. The first-order valence-corrected chi connectivity index (χ1v) is 7.50. The molecular formula is C16H19BrN2O. The molecule has 0 unspecified atom stereocenters. The van der Waals surface area contributed by atoms with E-state index >= 15 is 0 Å². The summed E-state index contributed by atoms with van der Waals surface area (Å²) in [4.78, 5) is 4.44. The molecule has 0 fully saturated rings. The van der Waals surface area contributed by atoms with Gasteiger partial charge in [0.2, 0.25) is 5.88 Å². The van der Waals surface area contributed by atoms with E-state index in [1.165, 1.54) is 5.56 Å². The van der Waals surface area contributed by atoms with Crippen LogP contribution in [0.1, 0.15) is 23.7 Å². The Morgan fingerprint density at radius 2 is 2.00 bits per heavy atom. The van der Waals surface area contributed by atoms with E-state index in [2.05, 4.69) is 39.2 Å². The van der Waals surface area contributed by atoms with Crippen LogP contribution < -0.4 is 10.1 Å². The molecule has 0 radical (unpaired) electrons. The minimum Gasteiger partial charge on any atom is -0.439 e. The van der Waals surface area contributed by atoms with E-state index in [9.17, 15) is 0 Å². The second-order valence-electron chi connectivity index (χ2n) is 4.75. The molecule has 1 aromatic heterocycles. The first kappa shape index (κ1) is 15.0. The van der Waals surface area contributed by atoms with Gasteiger partial charge in [-0.2, -0.15) is 0 Å². The van der Waals surface area contributed by atoms with Crippen molar-refractivity contribution in [3.05, 3.63) is 51.6 Å². The molecule has 0 aliphatic heterocycles. The molecule has 1 N–H and O–H groups in total. The third-order valence-corrected chi connectivity index (χ3v) is 3.41. The van der Waals surface area contributed by atoms with Crippen molar-refractivity contribution >= 4 is 15.9 Å². The van der Waals surface area contributed by atoms with E-state index in [1.54, 1.807) is 0 Å². The summed E-state index contributed by atoms with van der Waals surface area (Å²) in [5.41, 5.74) is 3.23. The number of hydrogen-bond acceptors (Lipinski definition) is 3. The average Bonchev–Trinajstić information content (AvgIpc) is 2.39. The smallest absolute Gasteiger partial charge is 0.219 e. The van der Waals surface area contributed by atoms with E-state index in [4.69, 9.17) is 4.74 Å². The van der Waals surface area contributed by atoms with Crippen LogP contribution in [0.2, 0.25) is 0 Å². The number of pyridine rings is 1. The van der Waals surface area contributed by atoms with Gasteiger partial charge in [0.15, 0.2) is 0 Å². The van der Waals surface area contributed by atoms with Crippen LogP contribution >= 0.6 is 15.9 Å².